The Morgan fingerprint density at radius 1 is 1.33 bits per heavy atom. The van der Waals surface area contributed by atoms with Gasteiger partial charge in [-0.15, -0.1) is 0 Å². The Balaban J connectivity index is 2.01. The van der Waals surface area contributed by atoms with Crippen LogP contribution in [0.3, 0.4) is 0 Å². The fourth-order valence-corrected chi connectivity index (χ4v) is 1.85. The molecule has 82 valence electrons. The Kier molecular flexibility index (Phi) is 3.34. The lowest BCUT2D eigenvalue weighted by Crippen LogP contribution is -2.40. The van der Waals surface area contributed by atoms with Gasteiger partial charge in [-0.3, -0.25) is 0 Å². The van der Waals surface area contributed by atoms with Crippen molar-refractivity contribution in [2.45, 2.75) is 31.3 Å². The molecule has 1 atom stereocenters. The second-order valence-corrected chi connectivity index (χ2v) is 4.13. The van der Waals surface area contributed by atoms with Crippen molar-refractivity contribution >= 4 is 0 Å². The molecule has 0 aliphatic heterocycles. The molecule has 0 aromatic heterocycles. The first kappa shape index (κ1) is 10.6. The Morgan fingerprint density at radius 3 is 2.47 bits per heavy atom. The molecule has 0 bridgehead atoms. The second kappa shape index (κ2) is 4.73. The first-order valence-corrected chi connectivity index (χ1v) is 5.51. The first-order valence-electron chi connectivity index (χ1n) is 5.51. The van der Waals surface area contributed by atoms with E-state index < -0.39 is 0 Å². The molecule has 1 aliphatic carbocycles. The number of rotatable bonds is 4. The van der Waals surface area contributed by atoms with Crippen LogP contribution >= 0.6 is 0 Å². The molecule has 0 spiro atoms. The standard InChI is InChI=1S/C12H17FN2/c13-10-6-4-9(5-7-10)12(8-14)15-11-2-1-3-11/h4-7,11-12,15H,1-3,8,14H2. The van der Waals surface area contributed by atoms with E-state index in [0.717, 1.165) is 5.56 Å². The molecule has 0 amide bonds. The minimum atomic E-state index is -0.196. The molecule has 3 N–H and O–H groups in total. The van der Waals surface area contributed by atoms with Gasteiger partial charge in [-0.2, -0.15) is 0 Å². The molecular weight excluding hydrogens is 191 g/mol. The Labute approximate surface area is 89.7 Å². The van der Waals surface area contributed by atoms with Crippen molar-refractivity contribution in [3.05, 3.63) is 35.6 Å². The molecule has 0 saturated heterocycles. The molecule has 3 heteroatoms. The van der Waals surface area contributed by atoms with Crippen LogP contribution in [0.4, 0.5) is 4.39 Å². The number of hydrogen-bond donors (Lipinski definition) is 2. The van der Waals surface area contributed by atoms with E-state index in [1.54, 1.807) is 12.1 Å². The lowest BCUT2D eigenvalue weighted by molar-refractivity contribution is 0.307. The zero-order chi connectivity index (χ0) is 10.7. The summed E-state index contributed by atoms with van der Waals surface area (Å²) in [5.74, 6) is -0.196. The van der Waals surface area contributed by atoms with Crippen LogP contribution < -0.4 is 11.1 Å². The lowest BCUT2D eigenvalue weighted by atomic mass is 9.91. The maximum Gasteiger partial charge on any atom is 0.123 e. The topological polar surface area (TPSA) is 38.0 Å². The highest BCUT2D eigenvalue weighted by molar-refractivity contribution is 5.20. The summed E-state index contributed by atoms with van der Waals surface area (Å²) in [4.78, 5) is 0. The van der Waals surface area contributed by atoms with Gasteiger partial charge in [0.1, 0.15) is 5.82 Å². The average molecular weight is 208 g/mol. The Morgan fingerprint density at radius 2 is 2.00 bits per heavy atom. The van der Waals surface area contributed by atoms with Gasteiger partial charge >= 0.3 is 0 Å². The third-order valence-corrected chi connectivity index (χ3v) is 3.05. The zero-order valence-corrected chi connectivity index (χ0v) is 8.75. The molecule has 1 aromatic rings. The van der Waals surface area contributed by atoms with Crippen LogP contribution in [-0.4, -0.2) is 12.6 Å². The highest BCUT2D eigenvalue weighted by Gasteiger charge is 2.21. The van der Waals surface area contributed by atoms with E-state index in [0.29, 0.717) is 12.6 Å². The largest absolute Gasteiger partial charge is 0.329 e. The predicted molar refractivity (Wildman–Crippen MR) is 59.0 cm³/mol. The lowest BCUT2D eigenvalue weighted by Gasteiger charge is -2.31. The number of halogens is 1. The maximum atomic E-state index is 12.7. The van der Waals surface area contributed by atoms with Crippen molar-refractivity contribution in [3.8, 4) is 0 Å². The van der Waals surface area contributed by atoms with Gasteiger partial charge in [0.05, 0.1) is 0 Å². The van der Waals surface area contributed by atoms with Gasteiger partial charge in [0.25, 0.3) is 0 Å². The van der Waals surface area contributed by atoms with Crippen LogP contribution in [0.1, 0.15) is 30.9 Å². The van der Waals surface area contributed by atoms with Gasteiger partial charge in [0, 0.05) is 18.6 Å². The maximum absolute atomic E-state index is 12.7. The SMILES string of the molecule is NCC(NC1CCC1)c1ccc(F)cc1. The van der Waals surface area contributed by atoms with Crippen LogP contribution in [0.2, 0.25) is 0 Å². The van der Waals surface area contributed by atoms with Gasteiger partial charge in [-0.1, -0.05) is 18.6 Å². The van der Waals surface area contributed by atoms with Gasteiger partial charge in [-0.25, -0.2) is 4.39 Å². The van der Waals surface area contributed by atoms with Crippen molar-refractivity contribution in [2.75, 3.05) is 6.54 Å². The van der Waals surface area contributed by atoms with Crippen molar-refractivity contribution in [1.29, 1.82) is 0 Å². The average Bonchev–Trinajstić information content (AvgIpc) is 2.19. The summed E-state index contributed by atoms with van der Waals surface area (Å²) in [5.41, 5.74) is 6.79. The minimum absolute atomic E-state index is 0.163. The Hall–Kier alpha value is -0.930. The highest BCUT2D eigenvalue weighted by Crippen LogP contribution is 2.22. The number of benzene rings is 1. The van der Waals surface area contributed by atoms with E-state index >= 15 is 0 Å². The molecule has 15 heavy (non-hydrogen) atoms. The fraction of sp³-hybridized carbons (Fsp3) is 0.500. The van der Waals surface area contributed by atoms with Crippen LogP contribution in [0.5, 0.6) is 0 Å². The van der Waals surface area contributed by atoms with Gasteiger partial charge in [-0.05, 0) is 30.5 Å². The predicted octanol–water partition coefficient (Wildman–Crippen LogP) is 1.97. The molecule has 1 unspecified atom stereocenters. The fourth-order valence-electron chi connectivity index (χ4n) is 1.85. The molecule has 1 saturated carbocycles. The smallest absolute Gasteiger partial charge is 0.123 e. The molecule has 2 nitrogen and oxygen atoms in total. The van der Waals surface area contributed by atoms with Crippen molar-refractivity contribution in [2.24, 2.45) is 5.73 Å². The van der Waals surface area contributed by atoms with Crippen LogP contribution in [0, 0.1) is 5.82 Å². The van der Waals surface area contributed by atoms with Gasteiger partial charge in [0.2, 0.25) is 0 Å². The van der Waals surface area contributed by atoms with Crippen LogP contribution in [0.15, 0.2) is 24.3 Å². The third-order valence-electron chi connectivity index (χ3n) is 3.05. The highest BCUT2D eigenvalue weighted by atomic mass is 19.1. The molecule has 1 aliphatic rings. The molecule has 1 aromatic carbocycles. The number of nitrogens with two attached hydrogens (primary N) is 1. The van der Waals surface area contributed by atoms with Crippen LogP contribution in [0.25, 0.3) is 0 Å². The number of nitrogens with one attached hydrogen (secondary N) is 1. The summed E-state index contributed by atoms with van der Waals surface area (Å²) in [6.45, 7) is 0.558. The van der Waals surface area contributed by atoms with Gasteiger partial charge < -0.3 is 11.1 Å². The molecular formula is C12H17FN2. The summed E-state index contributed by atoms with van der Waals surface area (Å²) in [5, 5.41) is 3.49. The normalized spacial score (nSPS) is 18.5. The summed E-state index contributed by atoms with van der Waals surface area (Å²) in [6, 6.07) is 7.34. The van der Waals surface area contributed by atoms with Crippen molar-refractivity contribution in [1.82, 2.24) is 5.32 Å². The summed E-state index contributed by atoms with van der Waals surface area (Å²) in [6.07, 6.45) is 3.77. The van der Waals surface area contributed by atoms with Crippen LogP contribution in [-0.2, 0) is 0 Å². The van der Waals surface area contributed by atoms with E-state index in [-0.39, 0.29) is 11.9 Å². The first-order chi connectivity index (χ1) is 7.29. The zero-order valence-electron chi connectivity index (χ0n) is 8.75. The summed E-state index contributed by atoms with van der Waals surface area (Å²) in [7, 11) is 0. The van der Waals surface area contributed by atoms with E-state index in [2.05, 4.69) is 5.32 Å². The van der Waals surface area contributed by atoms with E-state index in [1.807, 2.05) is 0 Å². The third kappa shape index (κ3) is 2.55. The molecule has 0 radical (unpaired) electrons. The van der Waals surface area contributed by atoms with E-state index in [4.69, 9.17) is 5.73 Å². The van der Waals surface area contributed by atoms with Gasteiger partial charge in [0.15, 0.2) is 0 Å². The van der Waals surface area contributed by atoms with E-state index in [9.17, 15) is 4.39 Å². The molecule has 1 fully saturated rings. The summed E-state index contributed by atoms with van der Waals surface area (Å²) >= 11 is 0. The van der Waals surface area contributed by atoms with Crippen molar-refractivity contribution < 1.29 is 4.39 Å². The Bertz CT molecular complexity index is 306. The molecule has 2 rings (SSSR count). The van der Waals surface area contributed by atoms with E-state index in [1.165, 1.54) is 31.4 Å². The van der Waals surface area contributed by atoms with Crippen molar-refractivity contribution in [3.63, 3.8) is 0 Å². The summed E-state index contributed by atoms with van der Waals surface area (Å²) < 4.78 is 12.7. The number of hydrogen-bond acceptors (Lipinski definition) is 2. The quantitative estimate of drug-likeness (QED) is 0.794. The minimum Gasteiger partial charge on any atom is -0.329 e. The monoisotopic (exact) mass is 208 g/mol. The second-order valence-electron chi connectivity index (χ2n) is 4.13. The molecule has 0 heterocycles.